The van der Waals surface area contributed by atoms with E-state index >= 15 is 0 Å². The molecular formula is C19H20ClN5O2S2. The van der Waals surface area contributed by atoms with Crippen LogP contribution in [-0.4, -0.2) is 24.1 Å². The van der Waals surface area contributed by atoms with Crippen molar-refractivity contribution in [2.24, 2.45) is 5.14 Å². The van der Waals surface area contributed by atoms with Crippen LogP contribution in [-0.2, 0) is 15.8 Å². The van der Waals surface area contributed by atoms with Gasteiger partial charge in [-0.3, -0.25) is 0 Å². The van der Waals surface area contributed by atoms with Gasteiger partial charge in [0.05, 0.1) is 4.90 Å². The predicted molar refractivity (Wildman–Crippen MR) is 120 cm³/mol. The van der Waals surface area contributed by atoms with Crippen molar-refractivity contribution < 1.29 is 8.42 Å². The molecule has 0 aliphatic heterocycles. The molecule has 0 aliphatic carbocycles. The lowest BCUT2D eigenvalue weighted by molar-refractivity contribution is 0.598. The lowest BCUT2D eigenvalue weighted by Crippen LogP contribution is -2.12. The number of hydrogen-bond donors (Lipinski definition) is 3. The predicted octanol–water partition coefficient (Wildman–Crippen LogP) is 4.52. The smallest absolute Gasteiger partial charge is 0.238 e. The molecule has 0 spiro atoms. The molecule has 0 saturated heterocycles. The molecule has 3 aromatic rings. The summed E-state index contributed by atoms with van der Waals surface area (Å²) in [5.41, 5.74) is 2.42. The molecule has 0 unspecified atom stereocenters. The van der Waals surface area contributed by atoms with Crippen LogP contribution in [0.5, 0.6) is 0 Å². The first-order valence-electron chi connectivity index (χ1n) is 8.70. The largest absolute Gasteiger partial charge is 0.340 e. The summed E-state index contributed by atoms with van der Waals surface area (Å²) in [5.74, 6) is 2.77. The van der Waals surface area contributed by atoms with Crippen LogP contribution in [0.3, 0.4) is 0 Å². The van der Waals surface area contributed by atoms with E-state index in [4.69, 9.17) is 16.7 Å². The van der Waals surface area contributed by atoms with Gasteiger partial charge in [0, 0.05) is 28.2 Å². The zero-order valence-electron chi connectivity index (χ0n) is 15.6. The minimum absolute atomic E-state index is 0.0406. The fraction of sp³-hybridized carbons (Fsp3) is 0.158. The van der Waals surface area contributed by atoms with E-state index in [0.717, 1.165) is 22.8 Å². The van der Waals surface area contributed by atoms with Crippen LogP contribution < -0.4 is 15.8 Å². The normalized spacial score (nSPS) is 11.3. The number of hydrogen-bond acceptors (Lipinski definition) is 7. The molecule has 29 heavy (non-hydrogen) atoms. The SMILES string of the molecule is CCSCc1ccc(S(N)(=O)=O)cc1Nc1cc(Nc2ccc(Cl)cc2)ncn1. The maximum atomic E-state index is 11.7. The summed E-state index contributed by atoms with van der Waals surface area (Å²) in [7, 11) is -3.81. The molecule has 0 amide bonds. The molecule has 1 heterocycles. The quantitative estimate of drug-likeness (QED) is 0.463. The Kier molecular flexibility index (Phi) is 6.96. The molecule has 3 rings (SSSR count). The number of aromatic nitrogens is 2. The van der Waals surface area contributed by atoms with Crippen LogP contribution in [0.4, 0.5) is 23.0 Å². The Hall–Kier alpha value is -2.33. The van der Waals surface area contributed by atoms with Crippen molar-refractivity contribution in [3.8, 4) is 0 Å². The first kappa shape index (κ1) is 21.4. The monoisotopic (exact) mass is 449 g/mol. The number of nitrogens with one attached hydrogen (secondary N) is 2. The average molecular weight is 450 g/mol. The van der Waals surface area contributed by atoms with Crippen molar-refractivity contribution in [1.82, 2.24) is 9.97 Å². The molecule has 7 nitrogen and oxygen atoms in total. The lowest BCUT2D eigenvalue weighted by Gasteiger charge is -2.13. The van der Waals surface area contributed by atoms with Crippen molar-refractivity contribution in [1.29, 1.82) is 0 Å². The number of benzene rings is 2. The number of sulfonamides is 1. The van der Waals surface area contributed by atoms with Gasteiger partial charge in [0.2, 0.25) is 10.0 Å². The standard InChI is InChI=1S/C19H20ClN5O2S2/c1-2-28-11-13-3-8-16(29(21,26)27)9-17(13)25-19-10-18(22-12-23-19)24-15-6-4-14(20)5-7-15/h3-10,12H,2,11H2,1H3,(H2,21,26,27)(H2,22,23,24,25). The molecule has 0 radical (unpaired) electrons. The average Bonchev–Trinajstić information content (AvgIpc) is 2.68. The number of anilines is 4. The molecule has 0 fully saturated rings. The highest BCUT2D eigenvalue weighted by atomic mass is 35.5. The minimum atomic E-state index is -3.81. The Morgan fingerprint density at radius 3 is 2.38 bits per heavy atom. The molecule has 0 bridgehead atoms. The first-order valence-corrected chi connectivity index (χ1v) is 11.8. The van der Waals surface area contributed by atoms with E-state index in [-0.39, 0.29) is 4.90 Å². The highest BCUT2D eigenvalue weighted by molar-refractivity contribution is 7.98. The van der Waals surface area contributed by atoms with Crippen molar-refractivity contribution >= 4 is 56.4 Å². The third kappa shape index (κ3) is 6.07. The van der Waals surface area contributed by atoms with E-state index < -0.39 is 10.0 Å². The van der Waals surface area contributed by atoms with Crippen molar-refractivity contribution in [2.75, 3.05) is 16.4 Å². The van der Waals surface area contributed by atoms with Crippen LogP contribution in [0.25, 0.3) is 0 Å². The van der Waals surface area contributed by atoms with Gasteiger partial charge in [-0.15, -0.1) is 0 Å². The van der Waals surface area contributed by atoms with Gasteiger partial charge < -0.3 is 10.6 Å². The highest BCUT2D eigenvalue weighted by Gasteiger charge is 2.12. The summed E-state index contributed by atoms with van der Waals surface area (Å²) in [5, 5.41) is 12.3. The van der Waals surface area contributed by atoms with E-state index in [2.05, 4.69) is 27.5 Å². The van der Waals surface area contributed by atoms with Gasteiger partial charge in [-0.2, -0.15) is 11.8 Å². The number of thioether (sulfide) groups is 1. The number of nitrogens with zero attached hydrogens (tertiary/aromatic N) is 2. The van der Waals surface area contributed by atoms with Gasteiger partial charge in [-0.1, -0.05) is 24.6 Å². The number of rotatable bonds is 8. The van der Waals surface area contributed by atoms with Crippen molar-refractivity contribution in [3.63, 3.8) is 0 Å². The highest BCUT2D eigenvalue weighted by Crippen LogP contribution is 2.27. The second kappa shape index (κ2) is 9.45. The number of halogens is 1. The van der Waals surface area contributed by atoms with Crippen LogP contribution in [0.15, 0.2) is 59.8 Å². The van der Waals surface area contributed by atoms with Gasteiger partial charge in [0.15, 0.2) is 0 Å². The number of nitrogens with two attached hydrogens (primary N) is 1. The van der Waals surface area contributed by atoms with Crippen molar-refractivity contribution in [2.45, 2.75) is 17.6 Å². The Balaban J connectivity index is 1.87. The van der Waals surface area contributed by atoms with Gasteiger partial charge in [0.25, 0.3) is 0 Å². The molecule has 0 aliphatic rings. The molecule has 0 atom stereocenters. The second-order valence-electron chi connectivity index (χ2n) is 6.05. The molecule has 0 saturated carbocycles. The van der Waals surface area contributed by atoms with E-state index in [9.17, 15) is 8.42 Å². The van der Waals surface area contributed by atoms with Gasteiger partial charge >= 0.3 is 0 Å². The van der Waals surface area contributed by atoms with Gasteiger partial charge in [0.1, 0.15) is 18.0 Å². The maximum Gasteiger partial charge on any atom is 0.238 e. The lowest BCUT2D eigenvalue weighted by atomic mass is 10.2. The summed E-state index contributed by atoms with van der Waals surface area (Å²) in [4.78, 5) is 8.49. The van der Waals surface area contributed by atoms with Gasteiger partial charge in [-0.05, 0) is 47.7 Å². The molecule has 2 aromatic carbocycles. The first-order chi connectivity index (χ1) is 13.8. The summed E-state index contributed by atoms with van der Waals surface area (Å²) in [6, 6.07) is 13.8. The Bertz CT molecular complexity index is 1090. The Labute approximate surface area is 179 Å². The zero-order valence-corrected chi connectivity index (χ0v) is 18.0. The molecule has 152 valence electrons. The zero-order chi connectivity index (χ0) is 20.9. The minimum Gasteiger partial charge on any atom is -0.340 e. The van der Waals surface area contributed by atoms with Crippen LogP contribution in [0.1, 0.15) is 12.5 Å². The summed E-state index contributed by atoms with van der Waals surface area (Å²) in [6.07, 6.45) is 1.42. The summed E-state index contributed by atoms with van der Waals surface area (Å²) < 4.78 is 23.5. The Morgan fingerprint density at radius 1 is 1.03 bits per heavy atom. The fourth-order valence-electron chi connectivity index (χ4n) is 2.50. The second-order valence-corrected chi connectivity index (χ2v) is 9.32. The summed E-state index contributed by atoms with van der Waals surface area (Å²) in [6.45, 7) is 2.07. The van der Waals surface area contributed by atoms with Gasteiger partial charge in [-0.25, -0.2) is 23.5 Å². The molecule has 1 aromatic heterocycles. The Morgan fingerprint density at radius 2 is 1.72 bits per heavy atom. The van der Waals surface area contributed by atoms with Crippen LogP contribution in [0, 0.1) is 0 Å². The third-order valence-electron chi connectivity index (χ3n) is 3.92. The third-order valence-corrected chi connectivity index (χ3v) is 6.00. The van der Waals surface area contributed by atoms with Crippen molar-refractivity contribution in [3.05, 3.63) is 65.4 Å². The summed E-state index contributed by atoms with van der Waals surface area (Å²) >= 11 is 7.64. The topological polar surface area (TPSA) is 110 Å². The van der Waals surface area contributed by atoms with Crippen LogP contribution >= 0.6 is 23.4 Å². The van der Waals surface area contributed by atoms with E-state index in [0.29, 0.717) is 22.3 Å². The van der Waals surface area contributed by atoms with Crippen LogP contribution in [0.2, 0.25) is 5.02 Å². The van der Waals surface area contributed by atoms with E-state index in [1.807, 2.05) is 12.1 Å². The molecule has 4 N–H and O–H groups in total. The maximum absolute atomic E-state index is 11.7. The van der Waals surface area contributed by atoms with E-state index in [1.165, 1.54) is 18.5 Å². The van der Waals surface area contributed by atoms with E-state index in [1.54, 1.807) is 36.0 Å². The fourth-order valence-corrected chi connectivity index (χ4v) is 3.84. The molecule has 10 heteroatoms. The number of primary sulfonamides is 1. The molecular weight excluding hydrogens is 430 g/mol.